The zero-order chi connectivity index (χ0) is 13.8. The van der Waals surface area contributed by atoms with E-state index >= 15 is 0 Å². The van der Waals surface area contributed by atoms with E-state index < -0.39 is 11.2 Å². The molecule has 100 valence electrons. The number of nitrogens with one attached hydrogen (secondary N) is 1. The number of aryl methyl sites for hydroxylation is 1. The number of rotatable bonds is 4. The minimum Gasteiger partial charge on any atom is -0.481 e. The maximum atomic E-state index is 11.4. The van der Waals surface area contributed by atoms with Crippen LogP contribution in [-0.4, -0.2) is 33.6 Å². The zero-order valence-corrected chi connectivity index (χ0v) is 11.6. The van der Waals surface area contributed by atoms with Gasteiger partial charge in [-0.3, -0.25) is 9.59 Å². The molecule has 0 aliphatic carbocycles. The highest BCUT2D eigenvalue weighted by Gasteiger charge is 2.32. The maximum absolute atomic E-state index is 11.4. The summed E-state index contributed by atoms with van der Waals surface area (Å²) in [6, 6.07) is 3.91. The fourth-order valence-electron chi connectivity index (χ4n) is 1.41. The van der Waals surface area contributed by atoms with E-state index in [1.54, 1.807) is 17.6 Å². The predicted octanol–water partition coefficient (Wildman–Crippen LogP) is 1.45. The third-order valence-corrected chi connectivity index (χ3v) is 4.24. The summed E-state index contributed by atoms with van der Waals surface area (Å²) in [6.07, 6.45) is 1.38. The van der Waals surface area contributed by atoms with E-state index in [-0.39, 0.29) is 12.3 Å². The molecule has 8 heteroatoms. The predicted molar refractivity (Wildman–Crippen MR) is 75.9 cm³/mol. The fraction of sp³-hybridized carbons (Fsp3) is 0.273. The van der Waals surface area contributed by atoms with Crippen LogP contribution in [0.15, 0.2) is 22.3 Å². The van der Waals surface area contributed by atoms with Crippen molar-refractivity contribution in [2.45, 2.75) is 18.6 Å². The third kappa shape index (κ3) is 3.90. The standard InChI is InChI=1S/C11H11N3O3S2/c1-6-2-3-7(18-6)5-12-14-11-13-10(17)8(19-11)4-9(15)16/h2-3,5,8H,4H2,1H3,(H,15,16)(H,13,14,17)/b12-5-/t8-/m0/s1. The Morgan fingerprint density at radius 2 is 2.37 bits per heavy atom. The van der Waals surface area contributed by atoms with Crippen LogP contribution in [0.2, 0.25) is 0 Å². The van der Waals surface area contributed by atoms with Crippen molar-refractivity contribution in [1.82, 2.24) is 5.32 Å². The maximum Gasteiger partial charge on any atom is 0.305 e. The van der Waals surface area contributed by atoms with E-state index in [1.807, 2.05) is 19.1 Å². The van der Waals surface area contributed by atoms with E-state index in [1.165, 1.54) is 4.88 Å². The molecule has 2 N–H and O–H groups in total. The number of thioether (sulfide) groups is 1. The van der Waals surface area contributed by atoms with E-state index in [4.69, 9.17) is 5.11 Å². The number of hydrogen-bond acceptors (Lipinski definition) is 6. The lowest BCUT2D eigenvalue weighted by Gasteiger charge is -1.97. The average Bonchev–Trinajstić information content (AvgIpc) is 2.86. The molecule has 2 heterocycles. The molecule has 0 aromatic carbocycles. The van der Waals surface area contributed by atoms with Gasteiger partial charge < -0.3 is 10.4 Å². The number of carbonyl (C=O) groups excluding carboxylic acids is 1. The minimum absolute atomic E-state index is 0.219. The summed E-state index contributed by atoms with van der Waals surface area (Å²) in [7, 11) is 0. The lowest BCUT2D eigenvalue weighted by molar-refractivity contribution is -0.138. The van der Waals surface area contributed by atoms with Crippen LogP contribution in [0, 0.1) is 6.92 Å². The van der Waals surface area contributed by atoms with Crippen LogP contribution in [0.25, 0.3) is 0 Å². The second kappa shape index (κ2) is 5.98. The number of thiophene rings is 1. The summed E-state index contributed by atoms with van der Waals surface area (Å²) in [4.78, 5) is 24.1. The van der Waals surface area contributed by atoms with Crippen molar-refractivity contribution in [3.63, 3.8) is 0 Å². The molecular weight excluding hydrogens is 286 g/mol. The van der Waals surface area contributed by atoms with E-state index in [9.17, 15) is 9.59 Å². The van der Waals surface area contributed by atoms with Gasteiger partial charge in [0.15, 0.2) is 5.17 Å². The molecule has 1 saturated heterocycles. The van der Waals surface area contributed by atoms with Gasteiger partial charge in [-0.2, -0.15) is 5.10 Å². The average molecular weight is 297 g/mol. The van der Waals surface area contributed by atoms with Crippen molar-refractivity contribution in [1.29, 1.82) is 0 Å². The van der Waals surface area contributed by atoms with Crippen LogP contribution in [0.1, 0.15) is 16.2 Å². The molecule has 1 atom stereocenters. The van der Waals surface area contributed by atoms with Gasteiger partial charge in [0.1, 0.15) is 5.25 Å². The van der Waals surface area contributed by atoms with Crippen LogP contribution < -0.4 is 5.32 Å². The van der Waals surface area contributed by atoms with Gasteiger partial charge in [0.05, 0.1) is 12.6 Å². The van der Waals surface area contributed by atoms with Crippen LogP contribution in [0.4, 0.5) is 0 Å². The highest BCUT2D eigenvalue weighted by atomic mass is 32.2. The van der Waals surface area contributed by atoms with Crippen molar-refractivity contribution in [2.24, 2.45) is 10.2 Å². The van der Waals surface area contributed by atoms with E-state index in [0.717, 1.165) is 16.6 Å². The van der Waals surface area contributed by atoms with Gasteiger partial charge in [-0.05, 0) is 19.1 Å². The van der Waals surface area contributed by atoms with Gasteiger partial charge in [-0.15, -0.1) is 16.4 Å². The van der Waals surface area contributed by atoms with Crippen LogP contribution in [-0.2, 0) is 9.59 Å². The number of carboxylic acids is 1. The fourth-order valence-corrected chi connectivity index (χ4v) is 3.07. The number of aliphatic carboxylic acids is 1. The highest BCUT2D eigenvalue weighted by molar-refractivity contribution is 8.15. The number of amidine groups is 1. The monoisotopic (exact) mass is 297 g/mol. The first-order valence-corrected chi connectivity index (χ1v) is 7.11. The van der Waals surface area contributed by atoms with Gasteiger partial charge in [0.25, 0.3) is 0 Å². The summed E-state index contributed by atoms with van der Waals surface area (Å²) in [5.41, 5.74) is 0. The SMILES string of the molecule is Cc1ccc(/C=N\N=C2\NC(=O)[C@H](CC(=O)O)S2)s1. The lowest BCUT2D eigenvalue weighted by Crippen LogP contribution is -2.26. The number of carboxylic acid groups (broad SMARTS) is 1. The molecule has 0 bridgehead atoms. The summed E-state index contributed by atoms with van der Waals surface area (Å²) in [5.74, 6) is -1.35. The zero-order valence-electron chi connectivity index (χ0n) is 9.99. The van der Waals surface area contributed by atoms with Crippen LogP contribution in [0.3, 0.4) is 0 Å². The molecule has 0 unspecified atom stereocenters. The van der Waals surface area contributed by atoms with Crippen molar-refractivity contribution in [2.75, 3.05) is 0 Å². The van der Waals surface area contributed by atoms with Crippen molar-refractivity contribution >= 4 is 46.4 Å². The van der Waals surface area contributed by atoms with E-state index in [0.29, 0.717) is 5.17 Å². The number of nitrogens with zero attached hydrogens (tertiary/aromatic N) is 2. The highest BCUT2D eigenvalue weighted by Crippen LogP contribution is 2.22. The normalized spacial score (nSPS) is 21.2. The summed E-state index contributed by atoms with van der Waals surface area (Å²) in [5, 5.41) is 18.6. The van der Waals surface area contributed by atoms with Gasteiger partial charge in [-0.1, -0.05) is 11.8 Å². The molecule has 1 aliphatic heterocycles. The Morgan fingerprint density at radius 1 is 1.58 bits per heavy atom. The molecule has 2 rings (SSSR count). The Bertz CT molecular complexity index is 565. The first kappa shape index (κ1) is 13.8. The van der Waals surface area contributed by atoms with Gasteiger partial charge >= 0.3 is 5.97 Å². The molecule has 19 heavy (non-hydrogen) atoms. The summed E-state index contributed by atoms with van der Waals surface area (Å²) in [6.45, 7) is 2.00. The number of amides is 1. The first-order chi connectivity index (χ1) is 9.04. The molecule has 1 aromatic heterocycles. The van der Waals surface area contributed by atoms with Crippen molar-refractivity contribution < 1.29 is 14.7 Å². The molecule has 0 spiro atoms. The molecule has 0 saturated carbocycles. The Labute approximate surface area is 117 Å². The summed E-state index contributed by atoms with van der Waals surface area (Å²) < 4.78 is 0. The van der Waals surface area contributed by atoms with Gasteiger partial charge in [0.2, 0.25) is 5.91 Å². The van der Waals surface area contributed by atoms with Crippen LogP contribution in [0.5, 0.6) is 0 Å². The first-order valence-electron chi connectivity index (χ1n) is 5.41. The van der Waals surface area contributed by atoms with Crippen molar-refractivity contribution in [3.8, 4) is 0 Å². The Balaban J connectivity index is 1.96. The van der Waals surface area contributed by atoms with Crippen LogP contribution >= 0.6 is 23.1 Å². The Kier molecular flexibility index (Phi) is 4.33. The number of hydrogen-bond donors (Lipinski definition) is 2. The molecule has 1 fully saturated rings. The minimum atomic E-state index is -1.01. The van der Waals surface area contributed by atoms with E-state index in [2.05, 4.69) is 15.5 Å². The topological polar surface area (TPSA) is 91.1 Å². The molecule has 1 aliphatic rings. The largest absolute Gasteiger partial charge is 0.481 e. The smallest absolute Gasteiger partial charge is 0.305 e. The Hall–Kier alpha value is -1.67. The second-order valence-electron chi connectivity index (χ2n) is 3.79. The number of carbonyl (C=O) groups is 2. The Morgan fingerprint density at radius 3 is 3.00 bits per heavy atom. The summed E-state index contributed by atoms with van der Waals surface area (Å²) >= 11 is 2.67. The van der Waals surface area contributed by atoms with Gasteiger partial charge in [0, 0.05) is 9.75 Å². The van der Waals surface area contributed by atoms with Gasteiger partial charge in [-0.25, -0.2) is 0 Å². The molecular formula is C11H11N3O3S2. The van der Waals surface area contributed by atoms with Crippen molar-refractivity contribution in [3.05, 3.63) is 21.9 Å². The quantitative estimate of drug-likeness (QED) is 0.650. The molecule has 0 radical (unpaired) electrons. The second-order valence-corrected chi connectivity index (χ2v) is 6.30. The molecule has 1 aromatic rings. The lowest BCUT2D eigenvalue weighted by atomic mass is 10.3. The molecule has 6 nitrogen and oxygen atoms in total. The third-order valence-electron chi connectivity index (χ3n) is 2.23. The molecule has 1 amide bonds.